The molecule has 0 aromatic rings. The molecule has 1 atom stereocenters. The van der Waals surface area contributed by atoms with Crippen molar-refractivity contribution in [3.8, 4) is 0 Å². The van der Waals surface area contributed by atoms with Crippen molar-refractivity contribution in [2.75, 3.05) is 0 Å². The topological polar surface area (TPSA) is 40.5 Å². The Labute approximate surface area is 83.6 Å². The van der Waals surface area contributed by atoms with Gasteiger partial charge in [0.1, 0.15) is 0 Å². The molecule has 0 saturated carbocycles. The molecule has 1 unspecified atom stereocenters. The van der Waals surface area contributed by atoms with Crippen LogP contribution in [-0.4, -0.2) is 26.6 Å². The van der Waals surface area contributed by atoms with Gasteiger partial charge in [0.25, 0.3) is 0 Å². The van der Waals surface area contributed by atoms with Crippen molar-refractivity contribution in [1.82, 2.24) is 5.06 Å². The number of hydrogen-bond donors (Lipinski definition) is 1. The molecular weight excluding hydrogens is 190 g/mol. The van der Waals surface area contributed by atoms with Gasteiger partial charge in [-0.15, -0.1) is 0 Å². The molecule has 4 heteroatoms. The molecule has 0 aromatic carbocycles. The quantitative estimate of drug-likeness (QED) is 0.666. The first-order valence-corrected chi connectivity index (χ1v) is 4.76. The minimum Gasteiger partial charge on any atom is -0.313 e. The van der Waals surface area contributed by atoms with E-state index in [-0.39, 0.29) is 16.7 Å². The number of carbonyl (C=O) groups is 1. The lowest BCUT2D eigenvalue weighted by molar-refractivity contribution is -0.196. The van der Waals surface area contributed by atoms with Gasteiger partial charge in [0.05, 0.1) is 11.5 Å². The zero-order valence-electron chi connectivity index (χ0n) is 8.47. The van der Waals surface area contributed by atoms with Crippen LogP contribution in [0.2, 0.25) is 0 Å². The summed E-state index contributed by atoms with van der Waals surface area (Å²) in [5, 5.41) is 10.7. The van der Waals surface area contributed by atoms with Gasteiger partial charge in [-0.1, -0.05) is 0 Å². The van der Waals surface area contributed by atoms with E-state index in [0.29, 0.717) is 6.42 Å². The number of nitrogens with zero attached hydrogens (tertiary/aromatic N) is 1. The molecule has 0 aromatic heterocycles. The number of carbonyl (C=O) groups excluding carboxylic acids is 1. The molecule has 13 heavy (non-hydrogen) atoms. The van der Waals surface area contributed by atoms with Crippen LogP contribution in [0.3, 0.4) is 0 Å². The first-order chi connectivity index (χ1) is 5.69. The molecule has 76 valence electrons. The fourth-order valence-electron chi connectivity index (χ4n) is 2.12. The van der Waals surface area contributed by atoms with Crippen molar-refractivity contribution in [1.29, 1.82) is 0 Å². The van der Waals surface area contributed by atoms with Crippen molar-refractivity contribution in [3.63, 3.8) is 0 Å². The SMILES string of the molecule is CC1(C)CC(C(=O)Cl)C(C)(C)N1O. The van der Waals surface area contributed by atoms with Crippen molar-refractivity contribution < 1.29 is 10.0 Å². The zero-order valence-corrected chi connectivity index (χ0v) is 9.22. The summed E-state index contributed by atoms with van der Waals surface area (Å²) in [6.45, 7) is 7.45. The smallest absolute Gasteiger partial charge is 0.226 e. The number of hydroxylamine groups is 2. The summed E-state index contributed by atoms with van der Waals surface area (Å²) in [4.78, 5) is 11.1. The highest BCUT2D eigenvalue weighted by atomic mass is 35.5. The highest BCUT2D eigenvalue weighted by Gasteiger charge is 2.53. The lowest BCUT2D eigenvalue weighted by atomic mass is 9.88. The first-order valence-electron chi connectivity index (χ1n) is 4.38. The zero-order chi connectivity index (χ0) is 10.4. The Morgan fingerprint density at radius 3 is 2.08 bits per heavy atom. The second-order valence-electron chi connectivity index (χ2n) is 4.84. The molecule has 1 rings (SSSR count). The fourth-order valence-corrected chi connectivity index (χ4v) is 2.47. The van der Waals surface area contributed by atoms with Gasteiger partial charge in [-0.25, -0.2) is 0 Å². The monoisotopic (exact) mass is 205 g/mol. The summed E-state index contributed by atoms with van der Waals surface area (Å²) in [5.41, 5.74) is -0.943. The summed E-state index contributed by atoms with van der Waals surface area (Å²) in [5.74, 6) is -0.297. The van der Waals surface area contributed by atoms with Crippen LogP contribution in [0.15, 0.2) is 0 Å². The van der Waals surface area contributed by atoms with Crippen LogP contribution in [0.4, 0.5) is 0 Å². The van der Waals surface area contributed by atoms with E-state index in [4.69, 9.17) is 11.6 Å². The third kappa shape index (κ3) is 1.60. The van der Waals surface area contributed by atoms with E-state index in [1.807, 2.05) is 27.7 Å². The molecule has 1 saturated heterocycles. The normalized spacial score (nSPS) is 32.0. The molecule has 1 fully saturated rings. The maximum absolute atomic E-state index is 11.1. The second-order valence-corrected chi connectivity index (χ2v) is 5.21. The van der Waals surface area contributed by atoms with Crippen LogP contribution in [0.5, 0.6) is 0 Å². The van der Waals surface area contributed by atoms with Gasteiger partial charge in [-0.3, -0.25) is 4.79 Å². The van der Waals surface area contributed by atoms with Gasteiger partial charge in [0.15, 0.2) is 0 Å². The van der Waals surface area contributed by atoms with Crippen LogP contribution < -0.4 is 0 Å². The third-order valence-electron chi connectivity index (χ3n) is 2.95. The van der Waals surface area contributed by atoms with E-state index in [9.17, 15) is 10.0 Å². The summed E-state index contributed by atoms with van der Waals surface area (Å²) >= 11 is 5.48. The molecular formula is C9H16ClNO2. The molecule has 1 aliphatic heterocycles. The van der Waals surface area contributed by atoms with Crippen LogP contribution in [0.25, 0.3) is 0 Å². The van der Waals surface area contributed by atoms with E-state index in [0.717, 1.165) is 0 Å². The molecule has 0 aliphatic carbocycles. The first kappa shape index (κ1) is 11.0. The average molecular weight is 206 g/mol. The number of rotatable bonds is 1. The van der Waals surface area contributed by atoms with Crippen molar-refractivity contribution >= 4 is 16.8 Å². The Balaban J connectivity index is 3.00. The van der Waals surface area contributed by atoms with Gasteiger partial charge < -0.3 is 5.21 Å². The number of halogens is 1. The molecule has 1 heterocycles. The molecule has 1 aliphatic rings. The average Bonchev–Trinajstić information content (AvgIpc) is 2.11. The second kappa shape index (κ2) is 2.94. The lowest BCUT2D eigenvalue weighted by Gasteiger charge is -2.35. The van der Waals surface area contributed by atoms with Gasteiger partial charge in [0.2, 0.25) is 5.24 Å². The Bertz CT molecular complexity index is 238. The summed E-state index contributed by atoms with van der Waals surface area (Å²) < 4.78 is 0. The van der Waals surface area contributed by atoms with Crippen LogP contribution in [0, 0.1) is 5.92 Å². The largest absolute Gasteiger partial charge is 0.313 e. The molecule has 0 radical (unpaired) electrons. The van der Waals surface area contributed by atoms with Gasteiger partial charge in [-0.05, 0) is 45.7 Å². The predicted octanol–water partition coefficient (Wildman–Crippen LogP) is 2.02. The highest BCUT2D eigenvalue weighted by Crippen LogP contribution is 2.44. The highest BCUT2D eigenvalue weighted by molar-refractivity contribution is 6.64. The van der Waals surface area contributed by atoms with E-state index in [2.05, 4.69) is 0 Å². The maximum atomic E-state index is 11.1. The summed E-state index contributed by atoms with van der Waals surface area (Å²) in [7, 11) is 0. The van der Waals surface area contributed by atoms with Crippen LogP contribution >= 0.6 is 11.6 Å². The van der Waals surface area contributed by atoms with Gasteiger partial charge >= 0.3 is 0 Å². The van der Waals surface area contributed by atoms with Gasteiger partial charge in [-0.2, -0.15) is 5.06 Å². The molecule has 0 amide bonds. The molecule has 1 N–H and O–H groups in total. The van der Waals surface area contributed by atoms with E-state index in [1.165, 1.54) is 5.06 Å². The Morgan fingerprint density at radius 2 is 1.92 bits per heavy atom. The summed E-state index contributed by atoms with van der Waals surface area (Å²) in [6.07, 6.45) is 0.596. The van der Waals surface area contributed by atoms with E-state index < -0.39 is 5.54 Å². The third-order valence-corrected chi connectivity index (χ3v) is 3.21. The predicted molar refractivity (Wildman–Crippen MR) is 50.8 cm³/mol. The Morgan fingerprint density at radius 1 is 1.46 bits per heavy atom. The minimum absolute atomic E-state index is 0.297. The Hall–Kier alpha value is -0.120. The minimum atomic E-state index is -0.567. The van der Waals surface area contributed by atoms with Crippen molar-refractivity contribution in [2.24, 2.45) is 5.92 Å². The van der Waals surface area contributed by atoms with E-state index in [1.54, 1.807) is 0 Å². The summed E-state index contributed by atoms with van der Waals surface area (Å²) in [6, 6.07) is 0. The fraction of sp³-hybridized carbons (Fsp3) is 0.889. The van der Waals surface area contributed by atoms with Crippen molar-refractivity contribution in [3.05, 3.63) is 0 Å². The van der Waals surface area contributed by atoms with Crippen LogP contribution in [-0.2, 0) is 4.79 Å². The van der Waals surface area contributed by atoms with Gasteiger partial charge in [0, 0.05) is 5.54 Å². The maximum Gasteiger partial charge on any atom is 0.226 e. The Kier molecular flexibility index (Phi) is 2.48. The number of hydrogen-bond acceptors (Lipinski definition) is 3. The van der Waals surface area contributed by atoms with E-state index >= 15 is 0 Å². The molecule has 0 bridgehead atoms. The molecule has 0 spiro atoms. The van der Waals surface area contributed by atoms with Crippen molar-refractivity contribution in [2.45, 2.75) is 45.2 Å². The molecule has 3 nitrogen and oxygen atoms in total. The lowest BCUT2D eigenvalue weighted by Crippen LogP contribution is -2.48. The standard InChI is InChI=1S/C9H16ClNO2/c1-8(2)5-6(7(10)12)9(3,4)11(8)13/h6,13H,5H2,1-4H3. The van der Waals surface area contributed by atoms with Crippen LogP contribution in [0.1, 0.15) is 34.1 Å².